The molecule has 0 aliphatic rings. The van der Waals surface area contributed by atoms with Gasteiger partial charge in [-0.1, -0.05) is 24.3 Å². The van der Waals surface area contributed by atoms with Crippen molar-refractivity contribution < 1.29 is 18.7 Å². The number of hydrogen-bond donors (Lipinski definition) is 3. The van der Waals surface area contributed by atoms with Gasteiger partial charge in [0.2, 0.25) is 0 Å². The summed E-state index contributed by atoms with van der Waals surface area (Å²) in [5, 5.41) is 10.1. The largest absolute Gasteiger partial charge is 0.497 e. The summed E-state index contributed by atoms with van der Waals surface area (Å²) < 4.78 is 24.3. The van der Waals surface area contributed by atoms with Gasteiger partial charge in [0.1, 0.15) is 17.4 Å². The van der Waals surface area contributed by atoms with E-state index < -0.39 is 17.8 Å². The number of carbonyl (C=O) groups is 1. The van der Waals surface area contributed by atoms with Crippen molar-refractivity contribution in [2.45, 2.75) is 12.6 Å². The molecule has 0 heterocycles. The summed E-state index contributed by atoms with van der Waals surface area (Å²) in [7, 11) is 2.80. The summed E-state index contributed by atoms with van der Waals surface area (Å²) in [5.74, 6) is -0.603. The minimum absolute atomic E-state index is 0. The van der Waals surface area contributed by atoms with E-state index in [1.54, 1.807) is 24.3 Å². The smallest absolute Gasteiger partial charge is 0.254 e. The molecule has 2 rings (SSSR count). The van der Waals surface area contributed by atoms with Gasteiger partial charge < -0.3 is 20.5 Å². The van der Waals surface area contributed by atoms with Gasteiger partial charge in [0.25, 0.3) is 5.91 Å². The highest BCUT2D eigenvalue weighted by molar-refractivity contribution is 5.94. The zero-order chi connectivity index (χ0) is 18.4. The molecule has 2 aromatic rings. The molecule has 1 atom stereocenters. The van der Waals surface area contributed by atoms with Crippen LogP contribution in [0.4, 0.5) is 4.39 Å². The number of amides is 1. The monoisotopic (exact) mass is 381 g/mol. The quantitative estimate of drug-likeness (QED) is 0.507. The minimum atomic E-state index is -1.09. The van der Waals surface area contributed by atoms with Crippen molar-refractivity contribution in [1.29, 1.82) is 5.41 Å². The van der Waals surface area contributed by atoms with Gasteiger partial charge in [-0.05, 0) is 23.8 Å². The first-order valence-electron chi connectivity index (χ1n) is 7.53. The van der Waals surface area contributed by atoms with Crippen LogP contribution in [0.2, 0.25) is 0 Å². The summed E-state index contributed by atoms with van der Waals surface area (Å²) >= 11 is 0. The first-order chi connectivity index (χ1) is 12.0. The molecule has 2 aromatic carbocycles. The van der Waals surface area contributed by atoms with Crippen LogP contribution < -0.4 is 15.8 Å². The highest BCUT2D eigenvalue weighted by Crippen LogP contribution is 2.25. The Kier molecular flexibility index (Phi) is 8.02. The molecule has 0 saturated carbocycles. The molecule has 0 spiro atoms. The lowest BCUT2D eigenvalue weighted by atomic mass is 10.1. The molecule has 1 unspecified atom stereocenters. The number of ether oxygens (including phenoxy) is 2. The fourth-order valence-corrected chi connectivity index (χ4v) is 2.31. The SMILES string of the molecule is COc1ccc(F)c(C(OC)C(=O)NCc2ccc(C(=N)N)cc2)c1.Cl. The van der Waals surface area contributed by atoms with Crippen LogP contribution in [0.15, 0.2) is 42.5 Å². The van der Waals surface area contributed by atoms with Gasteiger partial charge >= 0.3 is 0 Å². The molecule has 26 heavy (non-hydrogen) atoms. The van der Waals surface area contributed by atoms with Crippen LogP contribution >= 0.6 is 12.4 Å². The van der Waals surface area contributed by atoms with Crippen molar-refractivity contribution in [3.8, 4) is 5.75 Å². The second-order valence-electron chi connectivity index (χ2n) is 5.33. The summed E-state index contributed by atoms with van der Waals surface area (Å²) in [6, 6.07) is 11.0. The van der Waals surface area contributed by atoms with Crippen molar-refractivity contribution in [1.82, 2.24) is 5.32 Å². The zero-order valence-electron chi connectivity index (χ0n) is 14.4. The summed E-state index contributed by atoms with van der Waals surface area (Å²) in [5.41, 5.74) is 6.92. The molecule has 0 aromatic heterocycles. The van der Waals surface area contributed by atoms with E-state index >= 15 is 0 Å². The lowest BCUT2D eigenvalue weighted by molar-refractivity contribution is -0.131. The molecular weight excluding hydrogens is 361 g/mol. The van der Waals surface area contributed by atoms with Crippen LogP contribution in [0.25, 0.3) is 0 Å². The molecule has 8 heteroatoms. The Morgan fingerprint density at radius 3 is 2.42 bits per heavy atom. The molecular formula is C18H21ClFN3O3. The predicted molar refractivity (Wildman–Crippen MR) is 99.3 cm³/mol. The zero-order valence-corrected chi connectivity index (χ0v) is 15.2. The molecule has 0 saturated heterocycles. The van der Waals surface area contributed by atoms with Gasteiger partial charge in [-0.3, -0.25) is 10.2 Å². The number of halogens is 2. The predicted octanol–water partition coefficient (Wildman–Crippen LogP) is 2.54. The van der Waals surface area contributed by atoms with Crippen molar-refractivity contribution in [2.24, 2.45) is 5.73 Å². The molecule has 1 amide bonds. The van der Waals surface area contributed by atoms with E-state index in [4.69, 9.17) is 20.6 Å². The van der Waals surface area contributed by atoms with Crippen molar-refractivity contribution in [3.63, 3.8) is 0 Å². The van der Waals surface area contributed by atoms with E-state index in [1.165, 1.54) is 32.4 Å². The number of hydrogen-bond acceptors (Lipinski definition) is 4. The summed E-state index contributed by atoms with van der Waals surface area (Å²) in [4.78, 5) is 12.4. The average Bonchev–Trinajstić information content (AvgIpc) is 2.62. The Hall–Kier alpha value is -2.64. The molecule has 0 radical (unpaired) electrons. The Morgan fingerprint density at radius 2 is 1.88 bits per heavy atom. The second kappa shape index (κ2) is 9.74. The Morgan fingerprint density at radius 1 is 1.23 bits per heavy atom. The number of nitrogens with two attached hydrogens (primary N) is 1. The standard InChI is InChI=1S/C18H20FN3O3.ClH/c1-24-13-7-8-15(19)14(9-13)16(25-2)18(23)22-10-11-3-5-12(6-4-11)17(20)21;/h3-9,16H,10H2,1-2H3,(H3,20,21)(H,22,23);1H. The molecule has 0 fully saturated rings. The Labute approximate surface area is 157 Å². The molecule has 0 aliphatic heterocycles. The number of amidine groups is 1. The number of benzene rings is 2. The van der Waals surface area contributed by atoms with E-state index in [1.807, 2.05) is 0 Å². The lowest BCUT2D eigenvalue weighted by Crippen LogP contribution is -2.30. The molecule has 0 bridgehead atoms. The summed E-state index contributed by atoms with van der Waals surface area (Å²) in [6.07, 6.45) is -1.09. The maximum Gasteiger partial charge on any atom is 0.254 e. The Balaban J connectivity index is 0.00000338. The van der Waals surface area contributed by atoms with Crippen molar-refractivity contribution in [3.05, 3.63) is 65.0 Å². The van der Waals surface area contributed by atoms with Crippen LogP contribution in [0.3, 0.4) is 0 Å². The van der Waals surface area contributed by atoms with Gasteiger partial charge in [-0.2, -0.15) is 0 Å². The van der Waals surface area contributed by atoms with Crippen LogP contribution in [0, 0.1) is 11.2 Å². The van der Waals surface area contributed by atoms with Crippen molar-refractivity contribution in [2.75, 3.05) is 14.2 Å². The van der Waals surface area contributed by atoms with Gasteiger partial charge in [0.05, 0.1) is 7.11 Å². The summed E-state index contributed by atoms with van der Waals surface area (Å²) in [6.45, 7) is 0.239. The molecule has 4 N–H and O–H groups in total. The number of methoxy groups -OCH3 is 2. The van der Waals surface area contributed by atoms with E-state index in [0.717, 1.165) is 5.56 Å². The molecule has 0 aliphatic carbocycles. The van der Waals surface area contributed by atoms with E-state index in [-0.39, 0.29) is 30.4 Å². The van der Waals surface area contributed by atoms with Crippen LogP contribution in [-0.2, 0) is 16.1 Å². The molecule has 6 nitrogen and oxygen atoms in total. The minimum Gasteiger partial charge on any atom is -0.497 e. The maximum absolute atomic E-state index is 14.0. The van der Waals surface area contributed by atoms with E-state index in [0.29, 0.717) is 11.3 Å². The van der Waals surface area contributed by atoms with Gasteiger partial charge in [-0.15, -0.1) is 12.4 Å². The topological polar surface area (TPSA) is 97.4 Å². The van der Waals surface area contributed by atoms with E-state index in [9.17, 15) is 9.18 Å². The van der Waals surface area contributed by atoms with E-state index in [2.05, 4.69) is 5.32 Å². The number of nitrogen functional groups attached to an aromatic ring is 1. The molecule has 140 valence electrons. The highest BCUT2D eigenvalue weighted by Gasteiger charge is 2.23. The fraction of sp³-hybridized carbons (Fsp3) is 0.222. The third-order valence-electron chi connectivity index (χ3n) is 3.69. The van der Waals surface area contributed by atoms with Gasteiger partial charge in [-0.25, -0.2) is 4.39 Å². The first-order valence-corrected chi connectivity index (χ1v) is 7.53. The number of nitrogens with one attached hydrogen (secondary N) is 2. The van der Waals surface area contributed by atoms with Crippen LogP contribution in [-0.4, -0.2) is 26.0 Å². The first kappa shape index (κ1) is 21.4. The van der Waals surface area contributed by atoms with Gasteiger partial charge in [0, 0.05) is 24.8 Å². The lowest BCUT2D eigenvalue weighted by Gasteiger charge is -2.17. The third kappa shape index (κ3) is 5.18. The van der Waals surface area contributed by atoms with Crippen LogP contribution in [0.1, 0.15) is 22.8 Å². The van der Waals surface area contributed by atoms with Crippen molar-refractivity contribution >= 4 is 24.1 Å². The average molecular weight is 382 g/mol. The number of carbonyl (C=O) groups excluding carboxylic acids is 1. The maximum atomic E-state index is 14.0. The Bertz CT molecular complexity index is 769. The second-order valence-corrected chi connectivity index (χ2v) is 5.33. The third-order valence-corrected chi connectivity index (χ3v) is 3.69. The normalized spacial score (nSPS) is 11.2. The highest BCUT2D eigenvalue weighted by atomic mass is 35.5. The number of rotatable bonds is 7. The van der Waals surface area contributed by atoms with Crippen LogP contribution in [0.5, 0.6) is 5.75 Å². The van der Waals surface area contributed by atoms with Gasteiger partial charge in [0.15, 0.2) is 6.10 Å². The fourth-order valence-electron chi connectivity index (χ4n) is 2.31.